The van der Waals surface area contributed by atoms with E-state index < -0.39 is 0 Å². The minimum atomic E-state index is -0.343. The molecule has 1 unspecified atom stereocenters. The standard InChI is InChI=1S/C14H14N2O3/c17-13-11(9-5-2-1-3-6-9)14(18)16-12(15-13)10-7-4-8-19-10/h1-3,5-6,10H,4,7-8H2,(H2,15,16,17,18). The van der Waals surface area contributed by atoms with Crippen LogP contribution in [0.4, 0.5) is 0 Å². The van der Waals surface area contributed by atoms with Crippen LogP contribution in [0.25, 0.3) is 11.1 Å². The Labute approximate surface area is 109 Å². The Morgan fingerprint density at radius 3 is 2.74 bits per heavy atom. The predicted octanol–water partition coefficient (Wildman–Crippen LogP) is 1.99. The number of aromatic nitrogens is 2. The van der Waals surface area contributed by atoms with Crippen molar-refractivity contribution in [1.82, 2.24) is 9.97 Å². The second-order valence-corrected chi connectivity index (χ2v) is 4.52. The highest BCUT2D eigenvalue weighted by Crippen LogP contribution is 2.29. The van der Waals surface area contributed by atoms with E-state index >= 15 is 0 Å². The smallest absolute Gasteiger partial charge is 0.262 e. The van der Waals surface area contributed by atoms with E-state index in [0.717, 1.165) is 12.8 Å². The molecule has 2 heterocycles. The van der Waals surface area contributed by atoms with Gasteiger partial charge in [-0.05, 0) is 18.4 Å². The number of ether oxygens (including phenoxy) is 1. The lowest BCUT2D eigenvalue weighted by Crippen LogP contribution is -2.16. The van der Waals surface area contributed by atoms with Gasteiger partial charge in [-0.2, -0.15) is 4.98 Å². The maximum Gasteiger partial charge on any atom is 0.262 e. The van der Waals surface area contributed by atoms with Crippen LogP contribution in [0.5, 0.6) is 5.88 Å². The van der Waals surface area contributed by atoms with Crippen LogP contribution < -0.4 is 5.56 Å². The van der Waals surface area contributed by atoms with Gasteiger partial charge >= 0.3 is 0 Å². The number of aromatic amines is 1. The lowest BCUT2D eigenvalue weighted by Gasteiger charge is -2.10. The molecular weight excluding hydrogens is 244 g/mol. The summed E-state index contributed by atoms with van der Waals surface area (Å²) in [7, 11) is 0. The molecule has 0 aliphatic carbocycles. The van der Waals surface area contributed by atoms with E-state index in [9.17, 15) is 9.90 Å². The summed E-state index contributed by atoms with van der Waals surface area (Å²) in [5, 5.41) is 10.00. The molecule has 5 nitrogen and oxygen atoms in total. The molecule has 2 aromatic rings. The Balaban J connectivity index is 2.06. The van der Waals surface area contributed by atoms with E-state index in [1.54, 1.807) is 12.1 Å². The van der Waals surface area contributed by atoms with Gasteiger partial charge in [-0.25, -0.2) is 0 Å². The van der Waals surface area contributed by atoms with E-state index in [-0.39, 0.29) is 23.1 Å². The average molecular weight is 258 g/mol. The molecule has 0 amide bonds. The largest absolute Gasteiger partial charge is 0.493 e. The first kappa shape index (κ1) is 11.9. The molecule has 1 atom stereocenters. The first-order valence-corrected chi connectivity index (χ1v) is 6.26. The molecule has 0 bridgehead atoms. The Kier molecular flexibility index (Phi) is 3.05. The number of nitrogens with zero attached hydrogens (tertiary/aromatic N) is 1. The molecule has 1 aliphatic rings. The van der Waals surface area contributed by atoms with Crippen molar-refractivity contribution in [3.05, 3.63) is 46.5 Å². The van der Waals surface area contributed by atoms with Gasteiger partial charge in [-0.3, -0.25) is 4.79 Å². The molecule has 98 valence electrons. The highest BCUT2D eigenvalue weighted by molar-refractivity contribution is 5.66. The van der Waals surface area contributed by atoms with Crippen LogP contribution in [0.1, 0.15) is 24.8 Å². The number of benzene rings is 1. The number of hydrogen-bond donors (Lipinski definition) is 2. The summed E-state index contributed by atoms with van der Waals surface area (Å²) in [6, 6.07) is 8.99. The molecule has 2 N–H and O–H groups in total. The summed E-state index contributed by atoms with van der Waals surface area (Å²) in [6.07, 6.45) is 1.53. The Morgan fingerprint density at radius 2 is 2.11 bits per heavy atom. The fourth-order valence-electron chi connectivity index (χ4n) is 2.29. The summed E-state index contributed by atoms with van der Waals surface area (Å²) < 4.78 is 5.45. The fourth-order valence-corrected chi connectivity index (χ4v) is 2.29. The molecule has 19 heavy (non-hydrogen) atoms. The summed E-state index contributed by atoms with van der Waals surface area (Å²) in [4.78, 5) is 18.9. The van der Waals surface area contributed by atoms with Gasteiger partial charge in [-0.1, -0.05) is 30.3 Å². The van der Waals surface area contributed by atoms with Crippen LogP contribution in [0.3, 0.4) is 0 Å². The van der Waals surface area contributed by atoms with Gasteiger partial charge in [0, 0.05) is 6.61 Å². The fraction of sp³-hybridized carbons (Fsp3) is 0.286. The Hall–Kier alpha value is -2.14. The zero-order valence-corrected chi connectivity index (χ0v) is 10.3. The van der Waals surface area contributed by atoms with E-state index in [4.69, 9.17) is 4.74 Å². The summed E-state index contributed by atoms with van der Waals surface area (Å²) in [5.74, 6) is 0.153. The normalized spacial score (nSPS) is 18.6. The number of nitrogens with one attached hydrogen (secondary N) is 1. The van der Waals surface area contributed by atoms with Crippen molar-refractivity contribution >= 4 is 0 Å². The van der Waals surface area contributed by atoms with Crippen molar-refractivity contribution in [3.63, 3.8) is 0 Å². The third kappa shape index (κ3) is 2.24. The second kappa shape index (κ2) is 4.85. The van der Waals surface area contributed by atoms with Gasteiger partial charge in [0.2, 0.25) is 5.88 Å². The molecule has 1 aromatic heterocycles. The van der Waals surface area contributed by atoms with Gasteiger partial charge in [0.05, 0.1) is 0 Å². The Bertz CT molecular complexity index is 631. The number of rotatable bonds is 2. The monoisotopic (exact) mass is 258 g/mol. The van der Waals surface area contributed by atoms with Crippen LogP contribution >= 0.6 is 0 Å². The lowest BCUT2D eigenvalue weighted by atomic mass is 10.1. The van der Waals surface area contributed by atoms with Crippen molar-refractivity contribution in [2.45, 2.75) is 18.9 Å². The van der Waals surface area contributed by atoms with Crippen molar-refractivity contribution in [3.8, 4) is 17.0 Å². The molecule has 1 fully saturated rings. The maximum atomic E-state index is 12.1. The van der Waals surface area contributed by atoms with Crippen molar-refractivity contribution < 1.29 is 9.84 Å². The molecule has 3 rings (SSSR count). The molecule has 5 heteroatoms. The SMILES string of the molecule is O=c1[nH]c(C2CCCO2)nc(O)c1-c1ccccc1. The second-order valence-electron chi connectivity index (χ2n) is 4.52. The summed E-state index contributed by atoms with van der Waals surface area (Å²) in [5.41, 5.74) is 0.499. The van der Waals surface area contributed by atoms with Crippen molar-refractivity contribution in [1.29, 1.82) is 0 Å². The highest BCUT2D eigenvalue weighted by atomic mass is 16.5. The van der Waals surface area contributed by atoms with E-state index in [1.807, 2.05) is 18.2 Å². The number of aromatic hydroxyl groups is 1. The lowest BCUT2D eigenvalue weighted by molar-refractivity contribution is 0.104. The third-order valence-electron chi connectivity index (χ3n) is 3.22. The maximum absolute atomic E-state index is 12.1. The summed E-state index contributed by atoms with van der Waals surface area (Å²) in [6.45, 7) is 0.662. The van der Waals surface area contributed by atoms with Gasteiger partial charge in [-0.15, -0.1) is 0 Å². The molecule has 0 saturated carbocycles. The molecular formula is C14H14N2O3. The zero-order valence-electron chi connectivity index (χ0n) is 10.3. The van der Waals surface area contributed by atoms with Crippen LogP contribution in [-0.4, -0.2) is 21.7 Å². The zero-order chi connectivity index (χ0) is 13.2. The minimum Gasteiger partial charge on any atom is -0.493 e. The van der Waals surface area contributed by atoms with E-state index in [0.29, 0.717) is 18.0 Å². The quantitative estimate of drug-likeness (QED) is 0.863. The van der Waals surface area contributed by atoms with Crippen LogP contribution in [0, 0.1) is 0 Å². The van der Waals surface area contributed by atoms with Crippen LogP contribution in [0.15, 0.2) is 35.1 Å². The summed E-state index contributed by atoms with van der Waals surface area (Å²) >= 11 is 0. The first-order valence-electron chi connectivity index (χ1n) is 6.26. The number of H-pyrrole nitrogens is 1. The van der Waals surface area contributed by atoms with E-state index in [2.05, 4.69) is 9.97 Å². The van der Waals surface area contributed by atoms with Crippen molar-refractivity contribution in [2.75, 3.05) is 6.61 Å². The molecule has 1 aliphatic heterocycles. The Morgan fingerprint density at radius 1 is 1.32 bits per heavy atom. The van der Waals surface area contributed by atoms with Crippen LogP contribution in [0.2, 0.25) is 0 Å². The minimum absolute atomic E-state index is 0.197. The third-order valence-corrected chi connectivity index (χ3v) is 3.22. The van der Waals surface area contributed by atoms with Gasteiger partial charge in [0.25, 0.3) is 5.56 Å². The average Bonchev–Trinajstić information content (AvgIpc) is 2.93. The first-order chi connectivity index (χ1) is 9.25. The van der Waals surface area contributed by atoms with Gasteiger partial charge < -0.3 is 14.8 Å². The predicted molar refractivity (Wildman–Crippen MR) is 69.9 cm³/mol. The topological polar surface area (TPSA) is 75.2 Å². The molecule has 1 aromatic carbocycles. The molecule has 0 spiro atoms. The van der Waals surface area contributed by atoms with Gasteiger partial charge in [0.15, 0.2) is 0 Å². The van der Waals surface area contributed by atoms with E-state index in [1.165, 1.54) is 0 Å². The highest BCUT2D eigenvalue weighted by Gasteiger charge is 2.22. The molecule has 0 radical (unpaired) electrons. The van der Waals surface area contributed by atoms with Crippen molar-refractivity contribution in [2.24, 2.45) is 0 Å². The van der Waals surface area contributed by atoms with Gasteiger partial charge in [0.1, 0.15) is 17.5 Å². The number of hydrogen-bond acceptors (Lipinski definition) is 4. The molecule has 1 saturated heterocycles. The van der Waals surface area contributed by atoms with Crippen LogP contribution in [-0.2, 0) is 4.74 Å².